The number of hydrogen-bond donors (Lipinski definition) is 0. The fraction of sp³-hybridized carbons (Fsp3) is 0.250. The van der Waals surface area contributed by atoms with Gasteiger partial charge < -0.3 is 13.8 Å². The van der Waals surface area contributed by atoms with Crippen LogP contribution in [0.2, 0.25) is 0 Å². The van der Waals surface area contributed by atoms with Crippen LogP contribution in [-0.2, 0) is 13.2 Å². The van der Waals surface area contributed by atoms with E-state index in [9.17, 15) is 0 Å². The molecule has 0 aliphatic heterocycles. The third-order valence-electron chi connectivity index (χ3n) is 4.16. The second-order valence-corrected chi connectivity index (χ2v) is 6.26. The molecule has 26 heavy (non-hydrogen) atoms. The molecule has 0 bridgehead atoms. The average Bonchev–Trinajstić information content (AvgIpc) is 3.27. The average molecular weight is 348 g/mol. The highest BCUT2D eigenvalue weighted by Crippen LogP contribution is 2.22. The highest BCUT2D eigenvalue weighted by atomic mass is 16.5. The molecule has 0 N–H and O–H groups in total. The number of hydrogen-bond acceptors (Lipinski definition) is 5. The van der Waals surface area contributed by atoms with Crippen LogP contribution in [0.15, 0.2) is 53.3 Å². The molecule has 6 nitrogen and oxygen atoms in total. The van der Waals surface area contributed by atoms with Crippen LogP contribution in [-0.4, -0.2) is 19.7 Å². The van der Waals surface area contributed by atoms with Crippen molar-refractivity contribution in [2.24, 2.45) is 0 Å². The van der Waals surface area contributed by atoms with Crippen molar-refractivity contribution in [1.82, 2.24) is 19.7 Å². The minimum Gasteiger partial charge on any atom is -0.484 e. The zero-order valence-corrected chi connectivity index (χ0v) is 14.8. The number of ether oxygens (including phenoxy) is 1. The fourth-order valence-corrected chi connectivity index (χ4v) is 2.90. The Morgan fingerprint density at radius 2 is 2.08 bits per heavy atom. The highest BCUT2D eigenvalue weighted by Gasteiger charge is 2.11. The molecule has 0 aliphatic carbocycles. The van der Waals surface area contributed by atoms with Crippen LogP contribution in [0.25, 0.3) is 22.4 Å². The molecule has 2 aromatic carbocycles. The monoisotopic (exact) mass is 348 g/mol. The molecule has 2 heterocycles. The topological polar surface area (TPSA) is 66.0 Å². The first-order valence-corrected chi connectivity index (χ1v) is 8.70. The Kier molecular flexibility index (Phi) is 4.39. The van der Waals surface area contributed by atoms with Crippen molar-refractivity contribution in [3.8, 4) is 17.1 Å². The molecule has 0 fully saturated rings. The summed E-state index contributed by atoms with van der Waals surface area (Å²) in [6, 6.07) is 13.9. The Labute approximate surface area is 151 Å². The normalized spacial score (nSPS) is 11.2. The number of nitrogens with zero attached hydrogens (tertiary/aromatic N) is 4. The van der Waals surface area contributed by atoms with Gasteiger partial charge in [-0.05, 0) is 49.2 Å². The summed E-state index contributed by atoms with van der Waals surface area (Å²) in [5.41, 5.74) is 4.06. The van der Waals surface area contributed by atoms with Gasteiger partial charge in [0.1, 0.15) is 5.75 Å². The zero-order chi connectivity index (χ0) is 17.9. The van der Waals surface area contributed by atoms with E-state index in [1.54, 1.807) is 0 Å². The number of benzene rings is 2. The van der Waals surface area contributed by atoms with Crippen molar-refractivity contribution in [2.45, 2.75) is 33.4 Å². The van der Waals surface area contributed by atoms with Gasteiger partial charge in [0.05, 0.1) is 17.4 Å². The summed E-state index contributed by atoms with van der Waals surface area (Å²) in [4.78, 5) is 8.90. The van der Waals surface area contributed by atoms with Crippen molar-refractivity contribution in [2.75, 3.05) is 0 Å². The standard InChI is InChI=1S/C20H20N4O2/c1-3-9-24-13-21-17-11-15(7-8-18(17)24)20-22-19(26-23-20)12-25-16-6-4-5-14(2)10-16/h4-8,10-11,13H,3,9,12H2,1-2H3. The van der Waals surface area contributed by atoms with Crippen LogP contribution in [0.5, 0.6) is 5.75 Å². The summed E-state index contributed by atoms with van der Waals surface area (Å²) >= 11 is 0. The lowest BCUT2D eigenvalue weighted by Crippen LogP contribution is -1.96. The molecule has 0 amide bonds. The van der Waals surface area contributed by atoms with Crippen molar-refractivity contribution >= 4 is 11.0 Å². The molecule has 4 aromatic rings. The SMILES string of the molecule is CCCn1cnc2cc(-c3noc(COc4cccc(C)c4)n3)ccc21. The number of aromatic nitrogens is 4. The van der Waals surface area contributed by atoms with E-state index in [1.165, 1.54) is 0 Å². The van der Waals surface area contributed by atoms with E-state index in [2.05, 4.69) is 26.6 Å². The largest absolute Gasteiger partial charge is 0.484 e. The van der Waals surface area contributed by atoms with E-state index in [0.29, 0.717) is 11.7 Å². The molecule has 0 saturated heterocycles. The van der Waals surface area contributed by atoms with Gasteiger partial charge in [0.2, 0.25) is 5.82 Å². The van der Waals surface area contributed by atoms with Crippen LogP contribution < -0.4 is 4.74 Å². The summed E-state index contributed by atoms with van der Waals surface area (Å²) in [5, 5.41) is 4.07. The lowest BCUT2D eigenvalue weighted by molar-refractivity contribution is 0.243. The summed E-state index contributed by atoms with van der Waals surface area (Å²) in [7, 11) is 0. The third kappa shape index (κ3) is 3.31. The van der Waals surface area contributed by atoms with Crippen LogP contribution in [0.4, 0.5) is 0 Å². The molecule has 0 spiro atoms. The van der Waals surface area contributed by atoms with Gasteiger partial charge in [0.15, 0.2) is 6.61 Å². The molecular formula is C20H20N4O2. The van der Waals surface area contributed by atoms with Crippen molar-refractivity contribution in [3.63, 3.8) is 0 Å². The second-order valence-electron chi connectivity index (χ2n) is 6.26. The smallest absolute Gasteiger partial charge is 0.264 e. The second kappa shape index (κ2) is 7.00. The number of imidazole rings is 1. The Morgan fingerprint density at radius 3 is 2.92 bits per heavy atom. The number of aryl methyl sites for hydroxylation is 2. The molecule has 4 rings (SSSR count). The van der Waals surface area contributed by atoms with Crippen LogP contribution in [0.1, 0.15) is 24.8 Å². The Hall–Kier alpha value is -3.15. The van der Waals surface area contributed by atoms with Gasteiger partial charge in [-0.1, -0.05) is 24.2 Å². The van der Waals surface area contributed by atoms with Gasteiger partial charge in [-0.15, -0.1) is 0 Å². The molecule has 0 radical (unpaired) electrons. The van der Waals surface area contributed by atoms with Gasteiger partial charge in [0.25, 0.3) is 5.89 Å². The first-order valence-electron chi connectivity index (χ1n) is 8.70. The molecule has 132 valence electrons. The number of rotatable bonds is 6. The van der Waals surface area contributed by atoms with Crippen LogP contribution in [0, 0.1) is 6.92 Å². The maximum Gasteiger partial charge on any atom is 0.264 e. The van der Waals surface area contributed by atoms with Crippen molar-refractivity contribution in [1.29, 1.82) is 0 Å². The van der Waals surface area contributed by atoms with E-state index < -0.39 is 0 Å². The third-order valence-corrected chi connectivity index (χ3v) is 4.16. The predicted molar refractivity (Wildman–Crippen MR) is 98.8 cm³/mol. The lowest BCUT2D eigenvalue weighted by atomic mass is 10.2. The van der Waals surface area contributed by atoms with Crippen molar-refractivity contribution in [3.05, 3.63) is 60.2 Å². The van der Waals surface area contributed by atoms with Crippen LogP contribution in [0.3, 0.4) is 0 Å². The highest BCUT2D eigenvalue weighted by molar-refractivity contribution is 5.80. The van der Waals surface area contributed by atoms with Crippen molar-refractivity contribution < 1.29 is 9.26 Å². The molecular weight excluding hydrogens is 328 g/mol. The zero-order valence-electron chi connectivity index (χ0n) is 14.8. The van der Waals surface area contributed by atoms with E-state index in [4.69, 9.17) is 9.26 Å². The first kappa shape index (κ1) is 16.3. The number of fused-ring (bicyclic) bond motifs is 1. The van der Waals surface area contributed by atoms with Gasteiger partial charge in [-0.3, -0.25) is 0 Å². The molecule has 0 atom stereocenters. The van der Waals surface area contributed by atoms with E-state index >= 15 is 0 Å². The van der Waals surface area contributed by atoms with E-state index in [0.717, 1.165) is 40.9 Å². The van der Waals surface area contributed by atoms with E-state index in [-0.39, 0.29) is 6.61 Å². The van der Waals surface area contributed by atoms with Gasteiger partial charge in [-0.2, -0.15) is 4.98 Å². The summed E-state index contributed by atoms with van der Waals surface area (Å²) < 4.78 is 13.2. The minimum atomic E-state index is 0.240. The maximum atomic E-state index is 5.71. The van der Waals surface area contributed by atoms with Crippen LogP contribution >= 0.6 is 0 Å². The molecule has 0 saturated carbocycles. The Balaban J connectivity index is 1.51. The predicted octanol–water partition coefficient (Wildman–Crippen LogP) is 4.38. The molecule has 2 aromatic heterocycles. The molecule has 0 unspecified atom stereocenters. The Morgan fingerprint density at radius 1 is 1.15 bits per heavy atom. The Bertz CT molecular complexity index is 1040. The van der Waals surface area contributed by atoms with Gasteiger partial charge in [-0.25, -0.2) is 4.98 Å². The minimum absolute atomic E-state index is 0.240. The lowest BCUT2D eigenvalue weighted by Gasteiger charge is -2.03. The molecule has 6 heteroatoms. The quantitative estimate of drug-likeness (QED) is 0.517. The van der Waals surface area contributed by atoms with Gasteiger partial charge in [0, 0.05) is 12.1 Å². The summed E-state index contributed by atoms with van der Waals surface area (Å²) in [6.07, 6.45) is 2.94. The first-order chi connectivity index (χ1) is 12.7. The fourth-order valence-electron chi connectivity index (χ4n) is 2.90. The summed E-state index contributed by atoms with van der Waals surface area (Å²) in [6.45, 7) is 5.37. The summed E-state index contributed by atoms with van der Waals surface area (Å²) in [5.74, 6) is 1.77. The van der Waals surface area contributed by atoms with Gasteiger partial charge >= 0.3 is 0 Å². The molecule has 0 aliphatic rings. The van der Waals surface area contributed by atoms with E-state index in [1.807, 2.05) is 55.7 Å². The maximum absolute atomic E-state index is 5.71.